The smallest absolute Gasteiger partial charge is 0.264 e. The number of sulfonamides is 1. The highest BCUT2D eigenvalue weighted by atomic mass is 32.2. The van der Waals surface area contributed by atoms with E-state index in [2.05, 4.69) is 5.32 Å². The average molecular weight is 582 g/mol. The van der Waals surface area contributed by atoms with Crippen LogP contribution in [0.4, 0.5) is 5.69 Å². The van der Waals surface area contributed by atoms with Crippen LogP contribution in [0.3, 0.4) is 0 Å². The third-order valence-electron chi connectivity index (χ3n) is 6.76. The van der Waals surface area contributed by atoms with E-state index in [1.807, 2.05) is 26.0 Å². The summed E-state index contributed by atoms with van der Waals surface area (Å²) in [7, 11) is -1.05. The van der Waals surface area contributed by atoms with Crippen molar-refractivity contribution >= 4 is 27.5 Å². The summed E-state index contributed by atoms with van der Waals surface area (Å²) in [5.41, 5.74) is 1.97. The summed E-state index contributed by atoms with van der Waals surface area (Å²) in [6, 6.07) is 19.2. The van der Waals surface area contributed by atoms with Crippen LogP contribution in [-0.4, -0.2) is 58.5 Å². The number of unbranched alkanes of at least 4 members (excludes halogenated alkanes) is 1. The number of nitrogens with zero attached hydrogens (tertiary/aromatic N) is 2. The number of ether oxygens (including phenoxy) is 2. The van der Waals surface area contributed by atoms with Gasteiger partial charge in [0.25, 0.3) is 10.0 Å². The number of aryl methyl sites for hydroxylation is 1. The molecule has 0 unspecified atom stereocenters. The van der Waals surface area contributed by atoms with E-state index in [-0.39, 0.29) is 17.3 Å². The fourth-order valence-corrected chi connectivity index (χ4v) is 5.58. The molecule has 41 heavy (non-hydrogen) atoms. The topological polar surface area (TPSA) is 105 Å². The molecular formula is C31H39N3O6S. The monoisotopic (exact) mass is 581 g/mol. The zero-order chi connectivity index (χ0) is 30.0. The van der Waals surface area contributed by atoms with Crippen LogP contribution in [-0.2, 0) is 26.2 Å². The molecule has 0 heterocycles. The van der Waals surface area contributed by atoms with Gasteiger partial charge in [0.2, 0.25) is 11.8 Å². The Morgan fingerprint density at radius 1 is 0.878 bits per heavy atom. The number of amides is 2. The zero-order valence-corrected chi connectivity index (χ0v) is 25.1. The summed E-state index contributed by atoms with van der Waals surface area (Å²) in [6.07, 6.45) is 1.72. The number of rotatable bonds is 14. The molecule has 0 aliphatic carbocycles. The molecule has 3 aromatic carbocycles. The van der Waals surface area contributed by atoms with Gasteiger partial charge in [-0.1, -0.05) is 43.2 Å². The van der Waals surface area contributed by atoms with Crippen LogP contribution in [0.25, 0.3) is 0 Å². The predicted molar refractivity (Wildman–Crippen MR) is 160 cm³/mol. The van der Waals surface area contributed by atoms with Gasteiger partial charge in [0, 0.05) is 13.1 Å². The van der Waals surface area contributed by atoms with Gasteiger partial charge in [-0.25, -0.2) is 8.42 Å². The minimum Gasteiger partial charge on any atom is -0.497 e. The summed E-state index contributed by atoms with van der Waals surface area (Å²) in [4.78, 5) is 28.5. The van der Waals surface area contributed by atoms with Crippen LogP contribution >= 0.6 is 0 Å². The Kier molecular flexibility index (Phi) is 11.2. The van der Waals surface area contributed by atoms with Crippen LogP contribution in [0, 0.1) is 6.92 Å². The highest BCUT2D eigenvalue weighted by Crippen LogP contribution is 2.27. The number of carbonyl (C=O) groups excluding carboxylic acids is 2. The minimum atomic E-state index is -4.14. The standard InChI is InChI=1S/C31H39N3O6S/c1-6-7-20-32-31(36)24(3)33(21-25-10-14-27(39-4)15-11-25)30(35)22-34(26-12-16-28(40-5)17-13-26)41(37,38)29-18-8-23(2)9-19-29/h8-19,24H,6-7,20-22H2,1-5H3,(H,32,36)/t24-/m1/s1. The van der Waals surface area contributed by atoms with Crippen LogP contribution in [0.2, 0.25) is 0 Å². The second-order valence-electron chi connectivity index (χ2n) is 9.71. The third-order valence-corrected chi connectivity index (χ3v) is 8.55. The Bertz CT molecular complexity index is 1390. The SMILES string of the molecule is CCCCNC(=O)[C@@H](C)N(Cc1ccc(OC)cc1)C(=O)CN(c1ccc(OC)cc1)S(=O)(=O)c1ccc(C)cc1. The minimum absolute atomic E-state index is 0.0544. The lowest BCUT2D eigenvalue weighted by Crippen LogP contribution is -2.51. The molecule has 0 saturated carbocycles. The molecule has 0 fully saturated rings. The fourth-order valence-electron chi connectivity index (χ4n) is 4.16. The normalized spacial score (nSPS) is 11.8. The largest absolute Gasteiger partial charge is 0.497 e. The zero-order valence-electron chi connectivity index (χ0n) is 24.3. The Balaban J connectivity index is 2.00. The van der Waals surface area contributed by atoms with Gasteiger partial charge < -0.3 is 19.7 Å². The molecule has 1 N–H and O–H groups in total. The molecular weight excluding hydrogens is 542 g/mol. The molecule has 0 aliphatic rings. The predicted octanol–water partition coefficient (Wildman–Crippen LogP) is 4.54. The van der Waals surface area contributed by atoms with E-state index in [1.54, 1.807) is 62.6 Å². The summed E-state index contributed by atoms with van der Waals surface area (Å²) in [6.45, 7) is 5.62. The molecule has 0 spiro atoms. The number of nitrogens with one attached hydrogen (secondary N) is 1. The molecule has 3 rings (SSSR count). The summed E-state index contributed by atoms with van der Waals surface area (Å²) >= 11 is 0. The highest BCUT2D eigenvalue weighted by Gasteiger charge is 2.32. The van der Waals surface area contributed by atoms with Crippen molar-refractivity contribution in [1.82, 2.24) is 10.2 Å². The Labute approximate surface area is 243 Å². The maximum atomic E-state index is 14.0. The van der Waals surface area contributed by atoms with E-state index < -0.39 is 28.5 Å². The van der Waals surface area contributed by atoms with Crippen molar-refractivity contribution in [2.75, 3.05) is 31.6 Å². The third kappa shape index (κ3) is 8.23. The van der Waals surface area contributed by atoms with Crippen molar-refractivity contribution in [2.24, 2.45) is 0 Å². The molecule has 220 valence electrons. The number of carbonyl (C=O) groups is 2. The van der Waals surface area contributed by atoms with Crippen LogP contribution < -0.4 is 19.1 Å². The summed E-state index contributed by atoms with van der Waals surface area (Å²) in [5, 5.41) is 2.88. The Morgan fingerprint density at radius 2 is 1.44 bits per heavy atom. The maximum absolute atomic E-state index is 14.0. The fraction of sp³-hybridized carbons (Fsp3) is 0.355. The lowest BCUT2D eigenvalue weighted by atomic mass is 10.1. The van der Waals surface area contributed by atoms with Gasteiger partial charge in [-0.3, -0.25) is 13.9 Å². The van der Waals surface area contributed by atoms with Gasteiger partial charge in [0.15, 0.2) is 0 Å². The van der Waals surface area contributed by atoms with Crippen molar-refractivity contribution in [2.45, 2.75) is 51.1 Å². The Morgan fingerprint density at radius 3 is 1.98 bits per heavy atom. The first-order chi connectivity index (χ1) is 19.6. The number of hydrogen-bond acceptors (Lipinski definition) is 6. The summed E-state index contributed by atoms with van der Waals surface area (Å²) < 4.78 is 39.3. The molecule has 0 radical (unpaired) electrons. The molecule has 9 nitrogen and oxygen atoms in total. The molecule has 0 saturated heterocycles. The second-order valence-corrected chi connectivity index (χ2v) is 11.6. The van der Waals surface area contributed by atoms with Crippen molar-refractivity contribution in [3.05, 3.63) is 83.9 Å². The first-order valence-corrected chi connectivity index (χ1v) is 15.0. The number of anilines is 1. The van der Waals surface area contributed by atoms with Crippen molar-refractivity contribution in [3.8, 4) is 11.5 Å². The van der Waals surface area contributed by atoms with Gasteiger partial charge in [-0.05, 0) is 74.4 Å². The van der Waals surface area contributed by atoms with Crippen molar-refractivity contribution in [1.29, 1.82) is 0 Å². The average Bonchev–Trinajstić information content (AvgIpc) is 2.98. The number of methoxy groups -OCH3 is 2. The molecule has 3 aromatic rings. The first-order valence-electron chi connectivity index (χ1n) is 13.5. The summed E-state index contributed by atoms with van der Waals surface area (Å²) in [5.74, 6) is 0.376. The number of benzene rings is 3. The maximum Gasteiger partial charge on any atom is 0.264 e. The molecule has 0 aromatic heterocycles. The van der Waals surface area contributed by atoms with Gasteiger partial charge in [0.05, 0.1) is 24.8 Å². The van der Waals surface area contributed by atoms with Gasteiger partial charge in [-0.15, -0.1) is 0 Å². The van der Waals surface area contributed by atoms with E-state index in [0.717, 1.165) is 28.3 Å². The van der Waals surface area contributed by atoms with E-state index in [0.29, 0.717) is 23.7 Å². The number of hydrogen-bond donors (Lipinski definition) is 1. The lowest BCUT2D eigenvalue weighted by molar-refractivity contribution is -0.139. The molecule has 0 aliphatic heterocycles. The Hall–Kier alpha value is -4.05. The first kappa shape index (κ1) is 31.5. The van der Waals surface area contributed by atoms with E-state index >= 15 is 0 Å². The van der Waals surface area contributed by atoms with Gasteiger partial charge in [-0.2, -0.15) is 0 Å². The van der Waals surface area contributed by atoms with E-state index in [1.165, 1.54) is 24.1 Å². The second kappa shape index (κ2) is 14.5. The van der Waals surface area contributed by atoms with Crippen LogP contribution in [0.5, 0.6) is 11.5 Å². The molecule has 10 heteroatoms. The van der Waals surface area contributed by atoms with E-state index in [4.69, 9.17) is 9.47 Å². The van der Waals surface area contributed by atoms with Crippen molar-refractivity contribution in [3.63, 3.8) is 0 Å². The quantitative estimate of drug-likeness (QED) is 0.280. The molecule has 2 amide bonds. The van der Waals surface area contributed by atoms with Crippen LogP contribution in [0.1, 0.15) is 37.8 Å². The molecule has 1 atom stereocenters. The highest BCUT2D eigenvalue weighted by molar-refractivity contribution is 7.92. The van der Waals surface area contributed by atoms with E-state index in [9.17, 15) is 18.0 Å². The van der Waals surface area contributed by atoms with Crippen molar-refractivity contribution < 1.29 is 27.5 Å². The van der Waals surface area contributed by atoms with Gasteiger partial charge >= 0.3 is 0 Å². The lowest BCUT2D eigenvalue weighted by Gasteiger charge is -2.32. The molecule has 0 bridgehead atoms. The van der Waals surface area contributed by atoms with Gasteiger partial charge in [0.1, 0.15) is 24.1 Å². The van der Waals surface area contributed by atoms with Crippen LogP contribution in [0.15, 0.2) is 77.7 Å².